The molecular formula is C55H67N11O9. The molecule has 20 nitrogen and oxygen atoms in total. The topological polar surface area (TPSA) is 314 Å². The van der Waals surface area contributed by atoms with Crippen LogP contribution < -0.4 is 27.0 Å². The molecular weight excluding hydrogens is 959 g/mol. The van der Waals surface area contributed by atoms with Crippen LogP contribution in [0.15, 0.2) is 53.3 Å². The van der Waals surface area contributed by atoms with Gasteiger partial charge in [-0.15, -0.1) is 16.9 Å². The molecule has 8 N–H and O–H groups in total. The van der Waals surface area contributed by atoms with E-state index in [2.05, 4.69) is 109 Å². The second-order valence-corrected chi connectivity index (χ2v) is 20.5. The molecule has 3 fully saturated rings. The molecule has 1 heterocycles. The molecule has 396 valence electrons. The summed E-state index contributed by atoms with van der Waals surface area (Å²) in [7, 11) is 0. The lowest BCUT2D eigenvalue weighted by Gasteiger charge is -2.51. The quantitative estimate of drug-likeness (QED) is 0.0260. The van der Waals surface area contributed by atoms with Crippen LogP contribution in [-0.2, 0) is 52.9 Å². The summed E-state index contributed by atoms with van der Waals surface area (Å²) in [4.78, 5) is 88.3. The molecule has 4 aliphatic rings. The zero-order valence-electron chi connectivity index (χ0n) is 42.6. The highest BCUT2D eigenvalue weighted by molar-refractivity contribution is 5.98. The first-order chi connectivity index (χ1) is 36.1. The van der Waals surface area contributed by atoms with Gasteiger partial charge in [-0.2, -0.15) is 0 Å². The van der Waals surface area contributed by atoms with Crippen LogP contribution >= 0.6 is 0 Å². The fourth-order valence-corrected chi connectivity index (χ4v) is 11.7. The van der Waals surface area contributed by atoms with Gasteiger partial charge in [0.05, 0.1) is 25.2 Å². The first-order valence-electron chi connectivity index (χ1n) is 26.1. The summed E-state index contributed by atoms with van der Waals surface area (Å²) in [6.45, 7) is 3.86. The number of hydrogen-bond acceptors (Lipinski definition) is 10. The predicted molar refractivity (Wildman–Crippen MR) is 277 cm³/mol. The maximum Gasteiger partial charge on any atom is 0.305 e. The lowest BCUT2D eigenvalue weighted by molar-refractivity contribution is -0.141. The highest BCUT2D eigenvalue weighted by atomic mass is 16.4. The molecule has 1 aromatic heterocycles. The van der Waals surface area contributed by atoms with Gasteiger partial charge in [-0.1, -0.05) is 71.1 Å². The molecule has 0 radical (unpaired) electrons. The summed E-state index contributed by atoms with van der Waals surface area (Å²) in [6, 6.07) is 9.36. The summed E-state index contributed by atoms with van der Waals surface area (Å²) >= 11 is 0. The Morgan fingerprint density at radius 1 is 0.853 bits per heavy atom. The van der Waals surface area contributed by atoms with Gasteiger partial charge < -0.3 is 37.2 Å². The zero-order valence-corrected chi connectivity index (χ0v) is 42.6. The van der Waals surface area contributed by atoms with Gasteiger partial charge in [0.25, 0.3) is 0 Å². The Kier molecular flexibility index (Phi) is 19.1. The van der Waals surface area contributed by atoms with E-state index in [1.165, 1.54) is 41.7 Å². The Morgan fingerprint density at radius 3 is 2.23 bits per heavy atom. The van der Waals surface area contributed by atoms with Gasteiger partial charge in [0.15, 0.2) is 0 Å². The molecule has 3 aromatic rings. The smallest absolute Gasteiger partial charge is 0.305 e. The largest absolute Gasteiger partial charge is 0.481 e. The second kappa shape index (κ2) is 26.0. The predicted octanol–water partition coefficient (Wildman–Crippen LogP) is 4.99. The van der Waals surface area contributed by atoms with Crippen LogP contribution in [0.3, 0.4) is 0 Å². The molecule has 3 saturated carbocycles. The maximum absolute atomic E-state index is 13.0. The summed E-state index contributed by atoms with van der Waals surface area (Å²) < 4.78 is 1.67. The van der Waals surface area contributed by atoms with Crippen LogP contribution in [0.4, 0.5) is 0 Å². The minimum Gasteiger partial charge on any atom is -0.481 e. The number of allylic oxidation sites excluding steroid dienone is 2. The number of carbonyl (C=O) groups is 7. The van der Waals surface area contributed by atoms with Crippen molar-refractivity contribution in [2.45, 2.75) is 135 Å². The van der Waals surface area contributed by atoms with E-state index in [4.69, 9.17) is 16.4 Å². The molecule has 75 heavy (non-hydrogen) atoms. The number of rotatable bonds is 20. The number of aryl methyl sites for hydroxylation is 2. The van der Waals surface area contributed by atoms with E-state index in [-0.39, 0.29) is 25.2 Å². The number of carboxylic acid groups (broad SMARTS) is 2. The fraction of sp³-hybridized carbons (Fsp3) is 0.545. The molecule has 7 rings (SSSR count). The zero-order chi connectivity index (χ0) is 53.6. The number of azide groups is 1. The number of aromatic nitrogens is 3. The van der Waals surface area contributed by atoms with Crippen LogP contribution in [0.5, 0.6) is 0 Å². The minimum atomic E-state index is -1.55. The molecule has 6 unspecified atom stereocenters. The van der Waals surface area contributed by atoms with Crippen LogP contribution in [-0.4, -0.2) is 97.9 Å². The van der Waals surface area contributed by atoms with Gasteiger partial charge in [0.2, 0.25) is 29.5 Å². The van der Waals surface area contributed by atoms with Gasteiger partial charge in [0, 0.05) is 61.6 Å². The summed E-state index contributed by atoms with van der Waals surface area (Å²) in [6.07, 6.45) is 10.1. The monoisotopic (exact) mass is 1030 g/mol. The molecule has 20 heteroatoms. The maximum atomic E-state index is 13.0. The van der Waals surface area contributed by atoms with Crippen molar-refractivity contribution in [3.63, 3.8) is 0 Å². The number of aliphatic carboxylic acids is 2. The Bertz CT molecular complexity index is 2870. The normalized spacial score (nSPS) is 23.6. The average Bonchev–Trinajstić information content (AvgIpc) is 3.99. The number of amides is 5. The van der Waals surface area contributed by atoms with Gasteiger partial charge in [-0.3, -0.25) is 38.2 Å². The number of nitrogens with two attached hydrogens (primary N) is 1. The SMILES string of the molecule is C[C@H](NC(=O)[C@H](CCC(=O)O)NC(=O)CNC(=O)[C@H](CC(=O)O)NC(=O)CCc1cn(CCC#CC2CCC3CC4CCC(C#CCCN=[N+]=[N-])CC4/C(=C4\c5c(ccc6ccccc56)C[C@H]4C)C3C2)nn1)C(N)=O. The molecule has 10 atom stereocenters. The van der Waals surface area contributed by atoms with E-state index in [0.29, 0.717) is 67.1 Å². The summed E-state index contributed by atoms with van der Waals surface area (Å²) in [5, 5.41) is 42.5. The van der Waals surface area contributed by atoms with Gasteiger partial charge in [-0.25, -0.2) is 0 Å². The molecule has 5 amide bonds. The van der Waals surface area contributed by atoms with Gasteiger partial charge in [0.1, 0.15) is 18.1 Å². The summed E-state index contributed by atoms with van der Waals surface area (Å²) in [5.41, 5.74) is 20.6. The number of nitrogens with one attached hydrogen (secondary N) is 4. The molecule has 2 aromatic carbocycles. The fourth-order valence-electron chi connectivity index (χ4n) is 11.7. The third-order valence-corrected chi connectivity index (χ3v) is 15.2. The number of benzene rings is 2. The molecule has 0 saturated heterocycles. The van der Waals surface area contributed by atoms with Crippen molar-refractivity contribution in [1.29, 1.82) is 0 Å². The van der Waals surface area contributed by atoms with Crippen molar-refractivity contribution in [3.8, 4) is 23.7 Å². The molecule has 0 bridgehead atoms. The van der Waals surface area contributed by atoms with E-state index in [0.717, 1.165) is 38.5 Å². The van der Waals surface area contributed by atoms with Crippen molar-refractivity contribution < 1.29 is 43.8 Å². The third kappa shape index (κ3) is 14.8. The molecule has 4 aliphatic carbocycles. The van der Waals surface area contributed by atoms with E-state index >= 15 is 0 Å². The highest BCUT2D eigenvalue weighted by Crippen LogP contribution is 2.59. The third-order valence-electron chi connectivity index (χ3n) is 15.2. The summed E-state index contributed by atoms with van der Waals surface area (Å²) in [5.74, 6) is 10.3. The van der Waals surface area contributed by atoms with Crippen molar-refractivity contribution in [1.82, 2.24) is 36.3 Å². The van der Waals surface area contributed by atoms with Crippen LogP contribution in [0, 0.1) is 65.1 Å². The van der Waals surface area contributed by atoms with Crippen molar-refractivity contribution in [2.75, 3.05) is 13.1 Å². The lowest BCUT2D eigenvalue weighted by atomic mass is 9.54. The number of nitrogens with zero attached hydrogens (tertiary/aromatic N) is 6. The van der Waals surface area contributed by atoms with E-state index < -0.39 is 79.0 Å². The van der Waals surface area contributed by atoms with E-state index in [1.807, 2.05) is 0 Å². The Morgan fingerprint density at radius 2 is 1.55 bits per heavy atom. The Balaban J connectivity index is 0.940. The number of fused-ring (bicyclic) bond motifs is 5. The van der Waals surface area contributed by atoms with E-state index in [9.17, 15) is 38.7 Å². The number of hydrogen-bond donors (Lipinski definition) is 7. The van der Waals surface area contributed by atoms with Crippen LogP contribution in [0.2, 0.25) is 0 Å². The molecule has 0 aliphatic heterocycles. The Labute approximate surface area is 435 Å². The highest BCUT2D eigenvalue weighted by Gasteiger charge is 2.48. The first kappa shape index (κ1) is 55.1. The van der Waals surface area contributed by atoms with Crippen molar-refractivity contribution in [3.05, 3.63) is 75.4 Å². The van der Waals surface area contributed by atoms with Gasteiger partial charge >= 0.3 is 11.9 Å². The van der Waals surface area contributed by atoms with Crippen LogP contribution in [0.25, 0.3) is 26.8 Å². The second-order valence-electron chi connectivity index (χ2n) is 20.5. The van der Waals surface area contributed by atoms with Crippen molar-refractivity contribution >= 4 is 57.8 Å². The van der Waals surface area contributed by atoms with Gasteiger partial charge in [-0.05, 0) is 127 Å². The Hall–Kier alpha value is -7.70. The number of carbonyl (C=O) groups excluding carboxylic acids is 5. The first-order valence-corrected chi connectivity index (χ1v) is 26.1. The standard InChI is InChI=1S/C55H67N11O9/c1-32-25-39-18-17-36-11-3-4-12-41(36)51(39)50(32)52-42-26-34(9-5-7-23-59-64-57)13-15-37(42)28-38-16-14-35(27-43(38)52)10-6-8-24-66-31-40(63-65-66)19-21-46(67)62-45(29-49(71)72)54(74)58-30-47(68)61-44(20-22-48(69)70)55(75)60-33(2)53(56)73/h3-4,11-12,17-18,31-35,37-38,42-45H,7-8,13-16,19-30H2,1-2H3,(H2,56,73)(H,58,74)(H,60,75)(H,61,68)(H,62,67)(H,69,70)(H,71,72)/b52-50+/t32-,33+,34?,35?,37?,38?,42?,43?,44+,45+/m1/s1. The molecule has 0 spiro atoms. The number of primary amides is 1. The average molecular weight is 1030 g/mol. The van der Waals surface area contributed by atoms with Crippen molar-refractivity contribution in [2.24, 2.45) is 52.3 Å². The van der Waals surface area contributed by atoms with Crippen LogP contribution in [0.1, 0.15) is 114 Å². The lowest BCUT2D eigenvalue weighted by Crippen LogP contribution is -2.54. The number of carboxylic acids is 2. The minimum absolute atomic E-state index is 0.142. The van der Waals surface area contributed by atoms with E-state index in [1.54, 1.807) is 22.0 Å².